The number of benzene rings is 1. The number of carbonyl (C=O) groups is 1. The molecule has 0 saturated carbocycles. The van der Waals surface area contributed by atoms with Gasteiger partial charge in [-0.05, 0) is 30.7 Å². The molecule has 3 aromatic rings. The first-order chi connectivity index (χ1) is 13.1. The molecule has 0 radical (unpaired) electrons. The number of nitrogens with zero attached hydrogens (tertiary/aromatic N) is 3. The fourth-order valence-electron chi connectivity index (χ4n) is 3.37. The van der Waals surface area contributed by atoms with E-state index in [1.54, 1.807) is 0 Å². The van der Waals surface area contributed by atoms with E-state index in [2.05, 4.69) is 15.0 Å². The number of aromatic amines is 1. The Morgan fingerprint density at radius 3 is 3.04 bits per heavy atom. The molecule has 7 heteroatoms. The van der Waals surface area contributed by atoms with E-state index < -0.39 is 0 Å². The Bertz CT molecular complexity index is 985. The van der Waals surface area contributed by atoms with Gasteiger partial charge >= 0.3 is 0 Å². The quantitative estimate of drug-likeness (QED) is 0.730. The number of hydrogen-bond donors (Lipinski definition) is 1. The van der Waals surface area contributed by atoms with Gasteiger partial charge in [0.2, 0.25) is 11.8 Å². The molecule has 140 valence electrons. The molecule has 0 spiro atoms. The van der Waals surface area contributed by atoms with Crippen LogP contribution in [0.4, 0.5) is 0 Å². The molecule has 0 fully saturated rings. The van der Waals surface area contributed by atoms with Crippen molar-refractivity contribution < 1.29 is 9.53 Å². The van der Waals surface area contributed by atoms with Gasteiger partial charge in [0, 0.05) is 43.4 Å². The molecule has 0 saturated heterocycles. The van der Waals surface area contributed by atoms with Crippen LogP contribution in [0.1, 0.15) is 30.4 Å². The summed E-state index contributed by atoms with van der Waals surface area (Å²) in [5, 5.41) is 0.668. The second kappa shape index (κ2) is 7.56. The van der Waals surface area contributed by atoms with Crippen molar-refractivity contribution in [3.63, 3.8) is 0 Å². The first-order valence-corrected chi connectivity index (χ1v) is 9.53. The van der Waals surface area contributed by atoms with Crippen LogP contribution in [0.15, 0.2) is 30.3 Å². The lowest BCUT2D eigenvalue weighted by Crippen LogP contribution is -2.36. The molecule has 3 heterocycles. The van der Waals surface area contributed by atoms with Crippen molar-refractivity contribution in [3.8, 4) is 5.88 Å². The molecule has 1 amide bonds. The van der Waals surface area contributed by atoms with Gasteiger partial charge in [0.1, 0.15) is 5.82 Å². The van der Waals surface area contributed by atoms with Gasteiger partial charge in [-0.25, -0.2) is 9.97 Å². The minimum Gasteiger partial charge on any atom is -0.478 e. The average Bonchev–Trinajstić information content (AvgIpc) is 3.08. The smallest absolute Gasteiger partial charge is 0.223 e. The number of pyridine rings is 1. The molecule has 4 rings (SSSR count). The molecule has 1 aliphatic heterocycles. The van der Waals surface area contributed by atoms with E-state index >= 15 is 0 Å². The van der Waals surface area contributed by atoms with Crippen LogP contribution in [0.3, 0.4) is 0 Å². The van der Waals surface area contributed by atoms with Crippen molar-refractivity contribution in [2.24, 2.45) is 0 Å². The highest BCUT2D eigenvalue weighted by Gasteiger charge is 2.22. The summed E-state index contributed by atoms with van der Waals surface area (Å²) in [6.45, 7) is 3.83. The number of fused-ring (bicyclic) bond motifs is 2. The molecule has 0 bridgehead atoms. The summed E-state index contributed by atoms with van der Waals surface area (Å²) in [5.41, 5.74) is 3.88. The predicted molar refractivity (Wildman–Crippen MR) is 104 cm³/mol. The lowest BCUT2D eigenvalue weighted by atomic mass is 10.1. The maximum Gasteiger partial charge on any atom is 0.223 e. The van der Waals surface area contributed by atoms with Gasteiger partial charge in [0.05, 0.1) is 23.3 Å². The van der Waals surface area contributed by atoms with Gasteiger partial charge in [0.25, 0.3) is 0 Å². The van der Waals surface area contributed by atoms with Gasteiger partial charge in [-0.3, -0.25) is 4.79 Å². The summed E-state index contributed by atoms with van der Waals surface area (Å²) in [6, 6.07) is 9.42. The number of aryl methyl sites for hydroxylation is 1. The van der Waals surface area contributed by atoms with Crippen molar-refractivity contribution in [2.45, 2.75) is 32.7 Å². The van der Waals surface area contributed by atoms with Crippen LogP contribution in [-0.4, -0.2) is 38.9 Å². The highest BCUT2D eigenvalue weighted by Crippen LogP contribution is 2.22. The molecule has 1 aliphatic rings. The van der Waals surface area contributed by atoms with Crippen molar-refractivity contribution >= 4 is 28.5 Å². The first-order valence-electron chi connectivity index (χ1n) is 9.16. The van der Waals surface area contributed by atoms with E-state index in [0.717, 1.165) is 34.5 Å². The van der Waals surface area contributed by atoms with E-state index in [1.807, 2.05) is 42.2 Å². The van der Waals surface area contributed by atoms with Gasteiger partial charge in [0.15, 0.2) is 0 Å². The summed E-state index contributed by atoms with van der Waals surface area (Å²) >= 11 is 6.00. The Labute approximate surface area is 162 Å². The second-order valence-corrected chi connectivity index (χ2v) is 7.04. The zero-order valence-electron chi connectivity index (χ0n) is 15.2. The van der Waals surface area contributed by atoms with Gasteiger partial charge in [-0.15, -0.1) is 0 Å². The van der Waals surface area contributed by atoms with Crippen LogP contribution in [0.5, 0.6) is 5.88 Å². The third-order valence-corrected chi connectivity index (χ3v) is 4.97. The summed E-state index contributed by atoms with van der Waals surface area (Å²) in [6.07, 6.45) is 1.76. The molecule has 27 heavy (non-hydrogen) atoms. The summed E-state index contributed by atoms with van der Waals surface area (Å²) in [4.78, 5) is 26.8. The molecular formula is C20H21ClN4O2. The topological polar surface area (TPSA) is 71.1 Å². The standard InChI is InChI=1S/C20H21ClN4O2/c1-2-27-19-7-3-13-12-25(10-9-15(13)24-19)20(26)8-6-18-22-16-5-4-14(21)11-17(16)23-18/h3-5,7,11H,2,6,8-10,12H2,1H3,(H,22,23). The number of carbonyl (C=O) groups excluding carboxylic acids is 1. The maximum atomic E-state index is 12.6. The lowest BCUT2D eigenvalue weighted by Gasteiger charge is -2.28. The highest BCUT2D eigenvalue weighted by atomic mass is 35.5. The first kappa shape index (κ1) is 17.8. The number of hydrogen-bond acceptors (Lipinski definition) is 4. The Morgan fingerprint density at radius 2 is 2.19 bits per heavy atom. The van der Waals surface area contributed by atoms with Crippen LogP contribution in [-0.2, 0) is 24.2 Å². The Hall–Kier alpha value is -2.60. The molecule has 6 nitrogen and oxygen atoms in total. The van der Waals surface area contributed by atoms with Gasteiger partial charge in [-0.1, -0.05) is 17.7 Å². The zero-order chi connectivity index (χ0) is 18.8. The largest absolute Gasteiger partial charge is 0.478 e. The molecule has 0 unspecified atom stereocenters. The number of aromatic nitrogens is 3. The van der Waals surface area contributed by atoms with E-state index in [1.165, 1.54) is 0 Å². The number of nitrogens with one attached hydrogen (secondary N) is 1. The lowest BCUT2D eigenvalue weighted by molar-refractivity contribution is -0.132. The second-order valence-electron chi connectivity index (χ2n) is 6.60. The summed E-state index contributed by atoms with van der Waals surface area (Å²) < 4.78 is 5.46. The number of rotatable bonds is 5. The van der Waals surface area contributed by atoms with Crippen molar-refractivity contribution in [1.82, 2.24) is 19.9 Å². The van der Waals surface area contributed by atoms with Crippen LogP contribution in [0.25, 0.3) is 11.0 Å². The fourth-order valence-corrected chi connectivity index (χ4v) is 3.55. The van der Waals surface area contributed by atoms with Crippen LogP contribution in [0.2, 0.25) is 5.02 Å². The van der Waals surface area contributed by atoms with Gasteiger partial charge < -0.3 is 14.6 Å². The molecule has 1 N–H and O–H groups in total. The number of imidazole rings is 1. The monoisotopic (exact) mass is 384 g/mol. The van der Waals surface area contributed by atoms with E-state index in [-0.39, 0.29) is 5.91 Å². The number of halogens is 1. The van der Waals surface area contributed by atoms with Crippen LogP contribution in [0, 0.1) is 0 Å². The summed E-state index contributed by atoms with van der Waals surface area (Å²) in [7, 11) is 0. The minimum atomic E-state index is 0.132. The maximum absolute atomic E-state index is 12.6. The third-order valence-electron chi connectivity index (χ3n) is 4.74. The fraction of sp³-hybridized carbons (Fsp3) is 0.350. The Morgan fingerprint density at radius 1 is 1.30 bits per heavy atom. The van der Waals surface area contributed by atoms with E-state index in [0.29, 0.717) is 43.4 Å². The van der Waals surface area contributed by atoms with Crippen molar-refractivity contribution in [1.29, 1.82) is 0 Å². The van der Waals surface area contributed by atoms with E-state index in [4.69, 9.17) is 16.3 Å². The zero-order valence-corrected chi connectivity index (χ0v) is 15.9. The summed E-state index contributed by atoms with van der Waals surface area (Å²) in [5.74, 6) is 1.59. The Balaban J connectivity index is 1.38. The van der Waals surface area contributed by atoms with Crippen LogP contribution < -0.4 is 4.74 Å². The van der Waals surface area contributed by atoms with Crippen molar-refractivity contribution in [2.75, 3.05) is 13.2 Å². The van der Waals surface area contributed by atoms with Crippen molar-refractivity contribution in [3.05, 3.63) is 52.4 Å². The predicted octanol–water partition coefficient (Wildman–Crippen LogP) is 3.53. The molecule has 1 aromatic carbocycles. The minimum absolute atomic E-state index is 0.132. The normalized spacial score (nSPS) is 13.6. The van der Waals surface area contributed by atoms with Crippen LogP contribution >= 0.6 is 11.6 Å². The highest BCUT2D eigenvalue weighted by molar-refractivity contribution is 6.31. The molecule has 0 aliphatic carbocycles. The molecule has 2 aromatic heterocycles. The van der Waals surface area contributed by atoms with Gasteiger partial charge in [-0.2, -0.15) is 0 Å². The number of ether oxygens (including phenoxy) is 1. The third kappa shape index (κ3) is 3.90. The average molecular weight is 385 g/mol. The molecular weight excluding hydrogens is 364 g/mol. The SMILES string of the molecule is CCOc1ccc2c(n1)CCN(C(=O)CCc1nc3ccc(Cl)cc3[nH]1)C2. The number of amides is 1. The molecule has 0 atom stereocenters. The number of H-pyrrole nitrogens is 1. The Kier molecular flexibility index (Phi) is 4.99. The van der Waals surface area contributed by atoms with E-state index in [9.17, 15) is 4.79 Å².